The number of nitrogens with one attached hydrogen (secondary N) is 2. The lowest BCUT2D eigenvalue weighted by Crippen LogP contribution is -2.47. The van der Waals surface area contributed by atoms with Crippen LogP contribution >= 0.6 is 11.5 Å². The van der Waals surface area contributed by atoms with Gasteiger partial charge in [-0.1, -0.05) is 30.3 Å². The van der Waals surface area contributed by atoms with Crippen molar-refractivity contribution in [1.29, 1.82) is 0 Å². The van der Waals surface area contributed by atoms with Gasteiger partial charge < -0.3 is 5.32 Å². The third kappa shape index (κ3) is 5.07. The van der Waals surface area contributed by atoms with Gasteiger partial charge in [-0.15, -0.1) is 0 Å². The summed E-state index contributed by atoms with van der Waals surface area (Å²) in [7, 11) is -3.25. The first kappa shape index (κ1) is 15.9. The topological polar surface area (TPSA) is 84.0 Å². The van der Waals surface area contributed by atoms with Crippen LogP contribution in [0.25, 0.3) is 11.4 Å². The number of anilines is 1. The second kappa shape index (κ2) is 6.08. The molecule has 0 fully saturated rings. The third-order valence-electron chi connectivity index (χ3n) is 2.60. The van der Waals surface area contributed by atoms with E-state index in [1.54, 1.807) is 13.8 Å². The van der Waals surface area contributed by atoms with E-state index in [1.807, 2.05) is 30.3 Å². The van der Waals surface area contributed by atoms with Crippen LogP contribution in [0.5, 0.6) is 0 Å². The molecule has 114 valence electrons. The molecule has 6 nitrogen and oxygen atoms in total. The van der Waals surface area contributed by atoms with E-state index in [1.165, 1.54) is 11.5 Å². The van der Waals surface area contributed by atoms with Gasteiger partial charge in [0.25, 0.3) is 0 Å². The van der Waals surface area contributed by atoms with Gasteiger partial charge in [-0.2, -0.15) is 9.36 Å². The first-order valence-electron chi connectivity index (χ1n) is 6.37. The Labute approximate surface area is 128 Å². The van der Waals surface area contributed by atoms with E-state index in [-0.39, 0.29) is 0 Å². The fourth-order valence-electron chi connectivity index (χ4n) is 1.83. The number of aromatic nitrogens is 2. The molecule has 2 aromatic rings. The molecule has 2 N–H and O–H groups in total. The van der Waals surface area contributed by atoms with Crippen LogP contribution in [0.2, 0.25) is 0 Å². The molecule has 0 atom stereocenters. The van der Waals surface area contributed by atoms with E-state index in [0.717, 1.165) is 11.8 Å². The average molecular weight is 326 g/mol. The molecule has 1 aromatic heterocycles. The summed E-state index contributed by atoms with van der Waals surface area (Å²) >= 11 is 1.25. The maximum absolute atomic E-state index is 11.3. The number of benzene rings is 1. The smallest absolute Gasteiger partial charge is 0.209 e. The normalized spacial score (nSPS) is 12.3. The summed E-state index contributed by atoms with van der Waals surface area (Å²) in [5.41, 5.74) is 0.349. The second-order valence-corrected chi connectivity index (χ2v) is 7.90. The van der Waals surface area contributed by atoms with Gasteiger partial charge >= 0.3 is 0 Å². The fourth-order valence-corrected chi connectivity index (χ4v) is 3.49. The Morgan fingerprint density at radius 1 is 1.24 bits per heavy atom. The zero-order valence-corrected chi connectivity index (χ0v) is 13.8. The molecule has 0 spiro atoms. The van der Waals surface area contributed by atoms with Crippen molar-refractivity contribution in [2.24, 2.45) is 0 Å². The van der Waals surface area contributed by atoms with Crippen molar-refractivity contribution < 1.29 is 8.42 Å². The average Bonchev–Trinajstić information content (AvgIpc) is 2.84. The molecule has 0 radical (unpaired) electrons. The molecule has 0 saturated heterocycles. The predicted octanol–water partition coefficient (Wildman–Crippen LogP) is 1.94. The van der Waals surface area contributed by atoms with Crippen LogP contribution in [-0.4, -0.2) is 36.1 Å². The predicted molar refractivity (Wildman–Crippen MR) is 85.9 cm³/mol. The Hall–Kier alpha value is -1.51. The number of nitrogens with zero attached hydrogens (tertiary/aromatic N) is 2. The summed E-state index contributed by atoms with van der Waals surface area (Å²) in [5.74, 6) is 0.664. The van der Waals surface area contributed by atoms with Gasteiger partial charge in [-0.05, 0) is 13.8 Å². The van der Waals surface area contributed by atoms with Gasteiger partial charge in [-0.25, -0.2) is 13.1 Å². The van der Waals surface area contributed by atoms with Gasteiger partial charge in [0.05, 0.1) is 6.26 Å². The van der Waals surface area contributed by atoms with Gasteiger partial charge in [0.15, 0.2) is 5.82 Å². The Morgan fingerprint density at radius 3 is 2.52 bits per heavy atom. The highest BCUT2D eigenvalue weighted by molar-refractivity contribution is 7.88. The molecule has 0 saturated carbocycles. The number of hydrogen-bond donors (Lipinski definition) is 2. The van der Waals surface area contributed by atoms with Crippen LogP contribution in [-0.2, 0) is 10.0 Å². The largest absolute Gasteiger partial charge is 0.358 e. The Kier molecular flexibility index (Phi) is 4.60. The Bertz CT molecular complexity index is 696. The van der Waals surface area contributed by atoms with Crippen molar-refractivity contribution in [2.45, 2.75) is 19.4 Å². The maximum atomic E-state index is 11.3. The van der Waals surface area contributed by atoms with Crippen LogP contribution in [0, 0.1) is 0 Å². The highest BCUT2D eigenvalue weighted by atomic mass is 32.2. The molecular weight excluding hydrogens is 308 g/mol. The van der Waals surface area contributed by atoms with Crippen LogP contribution in [0.1, 0.15) is 13.8 Å². The van der Waals surface area contributed by atoms with Crippen LogP contribution in [0.4, 0.5) is 5.13 Å². The zero-order valence-electron chi connectivity index (χ0n) is 12.1. The standard InChI is InChI=1S/C13H18N4O2S2/c1-13(2,17-21(3,18)19)9-14-12-15-11(16-20-12)10-7-5-4-6-8-10/h4-8,17H,9H2,1-3H3,(H,14,15,16). The molecule has 0 aliphatic rings. The SMILES string of the molecule is CC(C)(CNc1nc(-c2ccccc2)ns1)NS(C)(=O)=O. The summed E-state index contributed by atoms with van der Waals surface area (Å²) in [6.07, 6.45) is 1.15. The van der Waals surface area contributed by atoms with E-state index in [0.29, 0.717) is 17.5 Å². The molecular formula is C13H18N4O2S2. The van der Waals surface area contributed by atoms with E-state index >= 15 is 0 Å². The maximum Gasteiger partial charge on any atom is 0.209 e. The molecule has 0 amide bonds. The van der Waals surface area contributed by atoms with Crippen LogP contribution in [0.15, 0.2) is 30.3 Å². The molecule has 1 heterocycles. The number of hydrogen-bond acceptors (Lipinski definition) is 6. The number of rotatable bonds is 6. The zero-order chi connectivity index (χ0) is 15.5. The quantitative estimate of drug-likeness (QED) is 0.847. The molecule has 0 aliphatic heterocycles. The summed E-state index contributed by atoms with van der Waals surface area (Å²) in [4.78, 5) is 4.40. The number of sulfonamides is 1. The minimum absolute atomic E-state index is 0.420. The van der Waals surface area contributed by atoms with Crippen LogP contribution in [0.3, 0.4) is 0 Å². The van der Waals surface area contributed by atoms with Gasteiger partial charge in [0.2, 0.25) is 15.2 Å². The lowest BCUT2D eigenvalue weighted by molar-refractivity contribution is 0.476. The molecule has 2 rings (SSSR count). The summed E-state index contributed by atoms with van der Waals surface area (Å²) in [6, 6.07) is 9.70. The van der Waals surface area contributed by atoms with Crippen molar-refractivity contribution in [3.05, 3.63) is 30.3 Å². The molecule has 0 aliphatic carbocycles. The molecule has 21 heavy (non-hydrogen) atoms. The molecule has 0 bridgehead atoms. The minimum atomic E-state index is -3.25. The van der Waals surface area contributed by atoms with Crippen molar-refractivity contribution in [2.75, 3.05) is 18.1 Å². The summed E-state index contributed by atoms with van der Waals surface area (Å²) in [6.45, 7) is 4.03. The van der Waals surface area contributed by atoms with E-state index in [4.69, 9.17) is 0 Å². The first-order chi connectivity index (χ1) is 9.75. The Balaban J connectivity index is 2.00. The summed E-state index contributed by atoms with van der Waals surface area (Å²) < 4.78 is 29.4. The lowest BCUT2D eigenvalue weighted by atomic mass is 10.1. The highest BCUT2D eigenvalue weighted by Gasteiger charge is 2.22. The molecule has 0 unspecified atom stereocenters. The monoisotopic (exact) mass is 326 g/mol. The van der Waals surface area contributed by atoms with Gasteiger partial charge in [0.1, 0.15) is 0 Å². The van der Waals surface area contributed by atoms with Gasteiger partial charge in [0, 0.05) is 29.2 Å². The fraction of sp³-hybridized carbons (Fsp3) is 0.385. The molecule has 1 aromatic carbocycles. The second-order valence-electron chi connectivity index (χ2n) is 5.40. The molecule has 8 heteroatoms. The summed E-state index contributed by atoms with van der Waals surface area (Å²) in [5, 5.41) is 3.78. The van der Waals surface area contributed by atoms with E-state index < -0.39 is 15.6 Å². The minimum Gasteiger partial charge on any atom is -0.358 e. The lowest BCUT2D eigenvalue weighted by Gasteiger charge is -2.24. The van der Waals surface area contributed by atoms with Gasteiger partial charge in [-0.3, -0.25) is 0 Å². The van der Waals surface area contributed by atoms with Crippen molar-refractivity contribution >= 4 is 26.7 Å². The van der Waals surface area contributed by atoms with Crippen molar-refractivity contribution in [1.82, 2.24) is 14.1 Å². The first-order valence-corrected chi connectivity index (χ1v) is 9.04. The Morgan fingerprint density at radius 2 is 1.90 bits per heavy atom. The van der Waals surface area contributed by atoms with Crippen molar-refractivity contribution in [3.63, 3.8) is 0 Å². The van der Waals surface area contributed by atoms with Crippen LogP contribution < -0.4 is 10.0 Å². The van der Waals surface area contributed by atoms with Crippen molar-refractivity contribution in [3.8, 4) is 11.4 Å². The third-order valence-corrected chi connectivity index (χ3v) is 4.20. The van der Waals surface area contributed by atoms with E-state index in [2.05, 4.69) is 19.4 Å². The highest BCUT2D eigenvalue weighted by Crippen LogP contribution is 2.21. The van der Waals surface area contributed by atoms with E-state index in [9.17, 15) is 8.42 Å².